The van der Waals surface area contributed by atoms with Gasteiger partial charge < -0.3 is 9.64 Å². The van der Waals surface area contributed by atoms with E-state index in [1.807, 2.05) is 43.0 Å². The van der Waals surface area contributed by atoms with Crippen molar-refractivity contribution >= 4 is 5.91 Å². The number of amides is 1. The van der Waals surface area contributed by atoms with Gasteiger partial charge in [-0.2, -0.15) is 0 Å². The van der Waals surface area contributed by atoms with Crippen LogP contribution in [0, 0.1) is 0 Å². The van der Waals surface area contributed by atoms with Gasteiger partial charge in [0.05, 0.1) is 6.54 Å². The Morgan fingerprint density at radius 3 is 2.52 bits per heavy atom. The molecule has 6 nitrogen and oxygen atoms in total. The molecule has 144 valence electrons. The number of likely N-dealkylation sites (tertiary alicyclic amines) is 1. The van der Waals surface area contributed by atoms with Crippen molar-refractivity contribution in [3.63, 3.8) is 0 Å². The van der Waals surface area contributed by atoms with Gasteiger partial charge in [0.25, 0.3) is 0 Å². The molecule has 0 aliphatic carbocycles. The molecule has 2 aromatic rings. The third kappa shape index (κ3) is 5.04. The first-order valence-corrected chi connectivity index (χ1v) is 9.73. The number of hydrogen-bond acceptors (Lipinski definition) is 5. The number of aromatic nitrogens is 2. The van der Waals surface area contributed by atoms with Crippen molar-refractivity contribution in [1.29, 1.82) is 0 Å². The van der Waals surface area contributed by atoms with E-state index in [0.717, 1.165) is 56.0 Å². The SMILES string of the molecule is CCN(CC)C(=O)CN1CCC(Oc2cccnc2-c2ccncc2)CC1. The Hall–Kier alpha value is -2.47. The molecule has 0 unspecified atom stereocenters. The molecule has 1 saturated heterocycles. The molecule has 1 aliphatic rings. The van der Waals surface area contributed by atoms with Crippen molar-refractivity contribution in [2.24, 2.45) is 0 Å². The summed E-state index contributed by atoms with van der Waals surface area (Å²) < 4.78 is 6.28. The smallest absolute Gasteiger partial charge is 0.236 e. The highest BCUT2D eigenvalue weighted by molar-refractivity contribution is 5.78. The van der Waals surface area contributed by atoms with Crippen LogP contribution in [0.25, 0.3) is 11.3 Å². The lowest BCUT2D eigenvalue weighted by Gasteiger charge is -2.33. The fourth-order valence-corrected chi connectivity index (χ4v) is 3.44. The van der Waals surface area contributed by atoms with Crippen LogP contribution in [0.4, 0.5) is 0 Å². The molecule has 1 fully saturated rings. The molecule has 27 heavy (non-hydrogen) atoms. The lowest BCUT2D eigenvalue weighted by Crippen LogP contribution is -2.45. The molecule has 0 aromatic carbocycles. The molecule has 0 radical (unpaired) electrons. The summed E-state index contributed by atoms with van der Waals surface area (Å²) in [6.45, 7) is 7.85. The highest BCUT2D eigenvalue weighted by Gasteiger charge is 2.24. The van der Waals surface area contributed by atoms with Crippen LogP contribution in [0.3, 0.4) is 0 Å². The van der Waals surface area contributed by atoms with Gasteiger partial charge in [0.1, 0.15) is 17.5 Å². The van der Waals surface area contributed by atoms with Gasteiger partial charge in [-0.3, -0.25) is 19.7 Å². The van der Waals surface area contributed by atoms with Crippen LogP contribution in [-0.4, -0.2) is 64.5 Å². The minimum Gasteiger partial charge on any atom is -0.488 e. The van der Waals surface area contributed by atoms with E-state index in [4.69, 9.17) is 4.74 Å². The number of hydrogen-bond donors (Lipinski definition) is 0. The molecule has 1 aliphatic heterocycles. The maximum Gasteiger partial charge on any atom is 0.236 e. The average Bonchev–Trinajstić information content (AvgIpc) is 2.71. The first-order chi connectivity index (χ1) is 13.2. The topological polar surface area (TPSA) is 58.6 Å². The van der Waals surface area contributed by atoms with Crippen LogP contribution < -0.4 is 4.74 Å². The second-order valence-corrected chi connectivity index (χ2v) is 6.75. The van der Waals surface area contributed by atoms with Crippen LogP contribution in [-0.2, 0) is 4.79 Å². The Bertz CT molecular complexity index is 726. The molecule has 1 amide bonds. The molecule has 0 spiro atoms. The summed E-state index contributed by atoms with van der Waals surface area (Å²) in [6.07, 6.45) is 7.28. The number of rotatable bonds is 7. The van der Waals surface area contributed by atoms with Gasteiger partial charge in [0.2, 0.25) is 5.91 Å². The molecule has 0 bridgehead atoms. The minimum absolute atomic E-state index is 0.148. The molecule has 3 rings (SSSR count). The van der Waals surface area contributed by atoms with E-state index in [0.29, 0.717) is 6.54 Å². The Balaban J connectivity index is 1.57. The fraction of sp³-hybridized carbons (Fsp3) is 0.476. The Labute approximate surface area is 161 Å². The van der Waals surface area contributed by atoms with E-state index < -0.39 is 0 Å². The third-order valence-electron chi connectivity index (χ3n) is 5.03. The molecule has 3 heterocycles. The van der Waals surface area contributed by atoms with Crippen LogP contribution in [0.15, 0.2) is 42.9 Å². The van der Waals surface area contributed by atoms with Crippen molar-refractivity contribution in [2.75, 3.05) is 32.7 Å². The van der Waals surface area contributed by atoms with E-state index in [1.54, 1.807) is 18.6 Å². The molecule has 2 aromatic heterocycles. The second-order valence-electron chi connectivity index (χ2n) is 6.75. The zero-order valence-corrected chi connectivity index (χ0v) is 16.2. The summed E-state index contributed by atoms with van der Waals surface area (Å²) >= 11 is 0. The minimum atomic E-state index is 0.148. The van der Waals surface area contributed by atoms with Gasteiger partial charge in [-0.15, -0.1) is 0 Å². The number of ether oxygens (including phenoxy) is 1. The molecular formula is C21H28N4O2. The summed E-state index contributed by atoms with van der Waals surface area (Å²) in [4.78, 5) is 25.0. The Morgan fingerprint density at radius 2 is 1.85 bits per heavy atom. The third-order valence-corrected chi connectivity index (χ3v) is 5.03. The maximum absolute atomic E-state index is 12.3. The predicted octanol–water partition coefficient (Wildman–Crippen LogP) is 2.86. The first kappa shape index (κ1) is 19.3. The summed E-state index contributed by atoms with van der Waals surface area (Å²) in [5, 5.41) is 0. The zero-order valence-electron chi connectivity index (χ0n) is 16.2. The summed E-state index contributed by atoms with van der Waals surface area (Å²) in [5.74, 6) is 1.02. The van der Waals surface area contributed by atoms with E-state index in [1.165, 1.54) is 0 Å². The zero-order chi connectivity index (χ0) is 19.1. The number of likely N-dealkylation sites (N-methyl/N-ethyl adjacent to an activating group) is 1. The number of carbonyl (C=O) groups is 1. The average molecular weight is 368 g/mol. The quantitative estimate of drug-likeness (QED) is 0.752. The molecule has 0 saturated carbocycles. The van der Waals surface area contributed by atoms with Gasteiger partial charge in [0.15, 0.2) is 0 Å². The van der Waals surface area contributed by atoms with E-state index in [9.17, 15) is 4.79 Å². The standard InChI is InChI=1S/C21H28N4O2/c1-3-25(4-2)20(26)16-24-14-9-18(10-15-24)27-19-6-5-11-23-21(19)17-7-12-22-13-8-17/h5-8,11-13,18H,3-4,9-10,14-16H2,1-2H3. The summed E-state index contributed by atoms with van der Waals surface area (Å²) in [6, 6.07) is 7.75. The van der Waals surface area contributed by atoms with E-state index in [2.05, 4.69) is 14.9 Å². The predicted molar refractivity (Wildman–Crippen MR) is 105 cm³/mol. The Morgan fingerprint density at radius 1 is 1.15 bits per heavy atom. The fourth-order valence-electron chi connectivity index (χ4n) is 3.44. The lowest BCUT2D eigenvalue weighted by atomic mass is 10.1. The number of carbonyl (C=O) groups excluding carboxylic acids is 1. The highest BCUT2D eigenvalue weighted by Crippen LogP contribution is 2.29. The van der Waals surface area contributed by atoms with Crippen LogP contribution >= 0.6 is 0 Å². The molecule has 0 atom stereocenters. The van der Waals surface area contributed by atoms with Gasteiger partial charge in [-0.1, -0.05) is 0 Å². The van der Waals surface area contributed by atoms with E-state index in [-0.39, 0.29) is 12.0 Å². The second kappa shape index (κ2) is 9.46. The van der Waals surface area contributed by atoms with Gasteiger partial charge in [0, 0.05) is 50.3 Å². The van der Waals surface area contributed by atoms with Crippen LogP contribution in [0.1, 0.15) is 26.7 Å². The van der Waals surface area contributed by atoms with Crippen molar-refractivity contribution in [3.8, 4) is 17.0 Å². The van der Waals surface area contributed by atoms with E-state index >= 15 is 0 Å². The molecule has 0 N–H and O–H groups in total. The largest absolute Gasteiger partial charge is 0.488 e. The molecule has 6 heteroatoms. The summed E-state index contributed by atoms with van der Waals surface area (Å²) in [5.41, 5.74) is 1.85. The van der Waals surface area contributed by atoms with Crippen LogP contribution in [0.5, 0.6) is 5.75 Å². The first-order valence-electron chi connectivity index (χ1n) is 9.73. The number of pyridine rings is 2. The lowest BCUT2D eigenvalue weighted by molar-refractivity contribution is -0.132. The Kier molecular flexibility index (Phi) is 6.76. The van der Waals surface area contributed by atoms with Gasteiger partial charge in [-0.25, -0.2) is 0 Å². The van der Waals surface area contributed by atoms with Crippen molar-refractivity contribution < 1.29 is 9.53 Å². The van der Waals surface area contributed by atoms with Crippen LogP contribution in [0.2, 0.25) is 0 Å². The normalized spacial score (nSPS) is 15.5. The van der Waals surface area contributed by atoms with Gasteiger partial charge in [-0.05, 0) is 51.0 Å². The monoisotopic (exact) mass is 368 g/mol. The summed E-state index contributed by atoms with van der Waals surface area (Å²) in [7, 11) is 0. The maximum atomic E-state index is 12.3. The number of nitrogens with zero attached hydrogens (tertiary/aromatic N) is 4. The van der Waals surface area contributed by atoms with Crippen molar-refractivity contribution in [2.45, 2.75) is 32.8 Å². The van der Waals surface area contributed by atoms with Crippen molar-refractivity contribution in [3.05, 3.63) is 42.9 Å². The van der Waals surface area contributed by atoms with Crippen molar-refractivity contribution in [1.82, 2.24) is 19.8 Å². The highest BCUT2D eigenvalue weighted by atomic mass is 16.5. The molecular weight excluding hydrogens is 340 g/mol. The van der Waals surface area contributed by atoms with Gasteiger partial charge >= 0.3 is 0 Å². The number of piperidine rings is 1.